The Morgan fingerprint density at radius 3 is 2.40 bits per heavy atom. The molecule has 0 saturated heterocycles. The Balaban J connectivity index is 2.38. The van der Waals surface area contributed by atoms with E-state index in [2.05, 4.69) is 26.6 Å². The molecule has 0 aliphatic rings. The van der Waals surface area contributed by atoms with Crippen molar-refractivity contribution in [1.82, 2.24) is 10.6 Å². The van der Waals surface area contributed by atoms with Crippen molar-refractivity contribution in [2.45, 2.75) is 26.3 Å². The summed E-state index contributed by atoms with van der Waals surface area (Å²) in [4.78, 5) is 22.2. The first-order chi connectivity index (χ1) is 9.38. The molecule has 2 amide bonds. The van der Waals surface area contributed by atoms with Crippen molar-refractivity contribution >= 4 is 27.9 Å². The van der Waals surface area contributed by atoms with Crippen LogP contribution in [0.3, 0.4) is 0 Å². The number of hydrogen-bond donors (Lipinski definition) is 3. The van der Waals surface area contributed by atoms with Crippen molar-refractivity contribution in [3.63, 3.8) is 0 Å². The van der Waals surface area contributed by atoms with Gasteiger partial charge in [0.2, 0.25) is 0 Å². The van der Waals surface area contributed by atoms with E-state index in [0.717, 1.165) is 10.0 Å². The third-order valence-electron chi connectivity index (χ3n) is 2.85. The summed E-state index contributed by atoms with van der Waals surface area (Å²) < 4.78 is 0.986. The maximum Gasteiger partial charge on any atom is 0.315 e. The van der Waals surface area contributed by atoms with Crippen LogP contribution in [0.2, 0.25) is 0 Å². The molecule has 5 nitrogen and oxygen atoms in total. The minimum Gasteiger partial charge on any atom is -0.481 e. The van der Waals surface area contributed by atoms with E-state index in [0.29, 0.717) is 6.54 Å². The Hall–Kier alpha value is -1.56. The first-order valence-electron chi connectivity index (χ1n) is 6.40. The minimum atomic E-state index is -0.858. The molecule has 0 saturated carbocycles. The molecule has 0 radical (unpaired) electrons. The lowest BCUT2D eigenvalue weighted by Crippen LogP contribution is -2.39. The topological polar surface area (TPSA) is 78.4 Å². The normalized spacial score (nSPS) is 13.3. The van der Waals surface area contributed by atoms with Crippen LogP contribution in [0.1, 0.15) is 31.9 Å². The van der Waals surface area contributed by atoms with Gasteiger partial charge in [-0.1, -0.05) is 35.0 Å². The van der Waals surface area contributed by atoms with Crippen LogP contribution < -0.4 is 10.6 Å². The van der Waals surface area contributed by atoms with Crippen molar-refractivity contribution in [3.8, 4) is 0 Å². The fraction of sp³-hybridized carbons (Fsp3) is 0.429. The summed E-state index contributed by atoms with van der Waals surface area (Å²) in [6.45, 7) is 4.02. The van der Waals surface area contributed by atoms with E-state index >= 15 is 0 Å². The van der Waals surface area contributed by atoms with Gasteiger partial charge in [-0.3, -0.25) is 4.79 Å². The molecule has 6 heteroatoms. The minimum absolute atomic E-state index is 0.0442. The number of benzene rings is 1. The maximum absolute atomic E-state index is 11.7. The monoisotopic (exact) mass is 342 g/mol. The van der Waals surface area contributed by atoms with Crippen LogP contribution in [0, 0.1) is 5.92 Å². The molecule has 0 aliphatic carbocycles. The van der Waals surface area contributed by atoms with Crippen molar-refractivity contribution in [2.24, 2.45) is 5.92 Å². The van der Waals surface area contributed by atoms with Gasteiger partial charge in [0.25, 0.3) is 0 Å². The van der Waals surface area contributed by atoms with Gasteiger partial charge < -0.3 is 15.7 Å². The zero-order chi connectivity index (χ0) is 15.1. The van der Waals surface area contributed by atoms with Gasteiger partial charge in [0.1, 0.15) is 0 Å². The highest BCUT2D eigenvalue weighted by atomic mass is 79.9. The summed E-state index contributed by atoms with van der Waals surface area (Å²) >= 11 is 3.36. The summed E-state index contributed by atoms with van der Waals surface area (Å²) in [7, 11) is 0. The van der Waals surface area contributed by atoms with Crippen LogP contribution in [0.4, 0.5) is 4.79 Å². The van der Waals surface area contributed by atoms with Crippen LogP contribution >= 0.6 is 15.9 Å². The van der Waals surface area contributed by atoms with E-state index in [-0.39, 0.29) is 24.4 Å². The number of amides is 2. The molecule has 2 unspecified atom stereocenters. The molecule has 1 rings (SSSR count). The number of urea groups is 1. The van der Waals surface area contributed by atoms with E-state index in [4.69, 9.17) is 5.11 Å². The molecule has 0 aromatic heterocycles. The van der Waals surface area contributed by atoms with Gasteiger partial charge in [-0.25, -0.2) is 4.79 Å². The van der Waals surface area contributed by atoms with Gasteiger partial charge in [0.05, 0.1) is 6.04 Å². The lowest BCUT2D eigenvalue weighted by molar-refractivity contribution is -0.137. The number of rotatable bonds is 6. The van der Waals surface area contributed by atoms with Gasteiger partial charge in [-0.15, -0.1) is 0 Å². The van der Waals surface area contributed by atoms with Crippen LogP contribution in [-0.4, -0.2) is 23.7 Å². The quantitative estimate of drug-likeness (QED) is 0.743. The van der Waals surface area contributed by atoms with Gasteiger partial charge in [0.15, 0.2) is 0 Å². The largest absolute Gasteiger partial charge is 0.481 e. The smallest absolute Gasteiger partial charge is 0.315 e. The zero-order valence-electron chi connectivity index (χ0n) is 11.5. The number of aliphatic carboxylic acids is 1. The van der Waals surface area contributed by atoms with Crippen LogP contribution in [0.25, 0.3) is 0 Å². The molecule has 0 fully saturated rings. The molecule has 110 valence electrons. The predicted molar refractivity (Wildman–Crippen MR) is 80.5 cm³/mol. The van der Waals surface area contributed by atoms with E-state index in [1.165, 1.54) is 0 Å². The lowest BCUT2D eigenvalue weighted by Gasteiger charge is -2.16. The second-order valence-electron chi connectivity index (χ2n) is 4.83. The molecule has 1 aromatic carbocycles. The molecule has 1 aromatic rings. The van der Waals surface area contributed by atoms with Gasteiger partial charge >= 0.3 is 12.0 Å². The second-order valence-corrected chi connectivity index (χ2v) is 5.75. The van der Waals surface area contributed by atoms with Crippen LogP contribution in [-0.2, 0) is 4.79 Å². The first kappa shape index (κ1) is 16.5. The van der Waals surface area contributed by atoms with Crippen molar-refractivity contribution in [2.75, 3.05) is 6.54 Å². The Bertz CT molecular complexity index is 462. The Morgan fingerprint density at radius 2 is 1.85 bits per heavy atom. The number of halogens is 1. The van der Waals surface area contributed by atoms with Crippen molar-refractivity contribution in [1.29, 1.82) is 0 Å². The second kappa shape index (κ2) is 7.89. The molecular weight excluding hydrogens is 324 g/mol. The molecule has 0 heterocycles. The number of carbonyl (C=O) groups excluding carboxylic acids is 1. The molecular formula is C14H19BrN2O3. The van der Waals surface area contributed by atoms with E-state index in [1.807, 2.05) is 31.2 Å². The summed E-state index contributed by atoms with van der Waals surface area (Å²) in [5.74, 6) is -0.954. The molecule has 2 atom stereocenters. The van der Waals surface area contributed by atoms with E-state index in [9.17, 15) is 9.59 Å². The molecule has 0 bridgehead atoms. The Kier molecular flexibility index (Phi) is 6.51. The molecule has 20 heavy (non-hydrogen) atoms. The standard InChI is InChI=1S/C14H19BrN2O3/c1-9(7-13(18)19)8-16-14(20)17-10(2)11-3-5-12(15)6-4-11/h3-6,9-10H,7-8H2,1-2H3,(H,18,19)(H2,16,17,20). The van der Waals surface area contributed by atoms with Gasteiger partial charge in [0, 0.05) is 17.4 Å². The average Bonchev–Trinajstić information content (AvgIpc) is 2.36. The zero-order valence-corrected chi connectivity index (χ0v) is 13.1. The molecule has 3 N–H and O–H groups in total. The third kappa shape index (κ3) is 6.06. The summed E-state index contributed by atoms with van der Waals surface area (Å²) in [6, 6.07) is 7.29. The number of hydrogen-bond acceptors (Lipinski definition) is 2. The predicted octanol–water partition coefficient (Wildman–Crippen LogP) is 2.92. The van der Waals surface area contributed by atoms with Crippen molar-refractivity contribution in [3.05, 3.63) is 34.3 Å². The number of nitrogens with one attached hydrogen (secondary N) is 2. The summed E-state index contributed by atoms with van der Waals surface area (Å²) in [6.07, 6.45) is 0.0442. The summed E-state index contributed by atoms with van der Waals surface area (Å²) in [5.41, 5.74) is 1.00. The fourth-order valence-electron chi connectivity index (χ4n) is 1.72. The van der Waals surface area contributed by atoms with Crippen LogP contribution in [0.5, 0.6) is 0 Å². The Morgan fingerprint density at radius 1 is 1.25 bits per heavy atom. The highest BCUT2D eigenvalue weighted by Crippen LogP contribution is 2.16. The Labute approximate surface area is 126 Å². The number of carboxylic acid groups (broad SMARTS) is 1. The highest BCUT2D eigenvalue weighted by Gasteiger charge is 2.12. The van der Waals surface area contributed by atoms with Gasteiger partial charge in [-0.05, 0) is 30.5 Å². The van der Waals surface area contributed by atoms with Gasteiger partial charge in [-0.2, -0.15) is 0 Å². The van der Waals surface area contributed by atoms with Crippen LogP contribution in [0.15, 0.2) is 28.7 Å². The first-order valence-corrected chi connectivity index (χ1v) is 7.19. The van der Waals surface area contributed by atoms with Crippen molar-refractivity contribution < 1.29 is 14.7 Å². The molecule has 0 aliphatic heterocycles. The fourth-order valence-corrected chi connectivity index (χ4v) is 1.98. The maximum atomic E-state index is 11.7. The average molecular weight is 343 g/mol. The third-order valence-corrected chi connectivity index (χ3v) is 3.38. The number of carboxylic acids is 1. The highest BCUT2D eigenvalue weighted by molar-refractivity contribution is 9.10. The number of carbonyl (C=O) groups is 2. The lowest BCUT2D eigenvalue weighted by atomic mass is 10.1. The molecule has 0 spiro atoms. The SMILES string of the molecule is CC(CNC(=O)NC(C)c1ccc(Br)cc1)CC(=O)O. The van der Waals surface area contributed by atoms with E-state index in [1.54, 1.807) is 6.92 Å². The van der Waals surface area contributed by atoms with E-state index < -0.39 is 5.97 Å². The summed E-state index contributed by atoms with van der Waals surface area (Å²) in [5, 5.41) is 14.1.